The Labute approximate surface area is 210 Å². The van der Waals surface area contributed by atoms with Gasteiger partial charge < -0.3 is 10.1 Å². The van der Waals surface area contributed by atoms with E-state index in [2.05, 4.69) is 15.5 Å². The summed E-state index contributed by atoms with van der Waals surface area (Å²) in [6.07, 6.45) is -1.47. The number of nitrogens with one attached hydrogen (secondary N) is 2. The van der Waals surface area contributed by atoms with Crippen LogP contribution in [-0.2, 0) is 43.3 Å². The Kier molecular flexibility index (Phi) is 7.23. The fourth-order valence-electron chi connectivity index (χ4n) is 4.56. The standard InChI is InChI=1S/C24H30F3N3O3S2/c1-5-30-10-9-13-15(19(24(25,26)27)34-17(13)12-30)11-28-22(32)29-20-18(21(31)33-23(2,3)4)14-7-6-8-16(14)35-20/h5-12H2,1-4H3,(H2,28,29,32). The van der Waals surface area contributed by atoms with Gasteiger partial charge in [-0.2, -0.15) is 13.2 Å². The molecule has 2 aromatic heterocycles. The summed E-state index contributed by atoms with van der Waals surface area (Å²) in [6, 6.07) is -0.645. The number of anilines is 1. The molecule has 0 bridgehead atoms. The van der Waals surface area contributed by atoms with Gasteiger partial charge in [-0.3, -0.25) is 10.2 Å². The summed E-state index contributed by atoms with van der Waals surface area (Å²) in [4.78, 5) is 28.9. The maximum absolute atomic E-state index is 13.8. The number of carbonyl (C=O) groups is 2. The first-order chi connectivity index (χ1) is 16.4. The van der Waals surface area contributed by atoms with E-state index in [1.165, 1.54) is 11.3 Å². The van der Waals surface area contributed by atoms with Crippen LogP contribution in [0.3, 0.4) is 0 Å². The van der Waals surface area contributed by atoms with Crippen molar-refractivity contribution in [1.82, 2.24) is 10.2 Å². The average Bonchev–Trinajstić information content (AvgIpc) is 3.42. The van der Waals surface area contributed by atoms with Gasteiger partial charge in [0.15, 0.2) is 0 Å². The van der Waals surface area contributed by atoms with Gasteiger partial charge >= 0.3 is 18.2 Å². The highest BCUT2D eigenvalue weighted by Gasteiger charge is 2.39. The smallest absolute Gasteiger partial charge is 0.425 e. The van der Waals surface area contributed by atoms with E-state index in [0.717, 1.165) is 47.6 Å². The van der Waals surface area contributed by atoms with Crippen molar-refractivity contribution in [3.63, 3.8) is 0 Å². The van der Waals surface area contributed by atoms with Crippen molar-refractivity contribution in [2.75, 3.05) is 18.4 Å². The van der Waals surface area contributed by atoms with Gasteiger partial charge in [0.05, 0.1) is 5.56 Å². The number of carbonyl (C=O) groups excluding carboxylic acids is 2. The molecule has 1 aliphatic heterocycles. The van der Waals surface area contributed by atoms with E-state index in [1.54, 1.807) is 20.8 Å². The van der Waals surface area contributed by atoms with Crippen molar-refractivity contribution in [2.45, 2.75) is 78.2 Å². The molecule has 0 radical (unpaired) electrons. The molecule has 0 unspecified atom stereocenters. The number of halogens is 3. The third kappa shape index (κ3) is 5.67. The fraction of sp³-hybridized carbons (Fsp3) is 0.583. The zero-order chi connectivity index (χ0) is 25.5. The number of alkyl halides is 3. The molecule has 0 fully saturated rings. The molecule has 11 heteroatoms. The van der Waals surface area contributed by atoms with Crippen LogP contribution in [-0.4, -0.2) is 35.6 Å². The molecule has 0 saturated heterocycles. The summed E-state index contributed by atoms with van der Waals surface area (Å²) in [5.41, 5.74) is 1.40. The van der Waals surface area contributed by atoms with E-state index in [9.17, 15) is 22.8 Å². The van der Waals surface area contributed by atoms with Crippen LogP contribution in [0.2, 0.25) is 0 Å². The predicted molar refractivity (Wildman–Crippen MR) is 131 cm³/mol. The van der Waals surface area contributed by atoms with Gasteiger partial charge in [-0.05, 0) is 69.7 Å². The molecular formula is C24H30F3N3O3S2. The fourth-order valence-corrected chi connectivity index (χ4v) is 7.11. The molecule has 2 aromatic rings. The van der Waals surface area contributed by atoms with E-state index < -0.39 is 28.7 Å². The maximum atomic E-state index is 13.8. The average molecular weight is 530 g/mol. The Morgan fingerprint density at radius 1 is 1.06 bits per heavy atom. The molecule has 0 aromatic carbocycles. The molecule has 0 atom stereocenters. The van der Waals surface area contributed by atoms with Crippen molar-refractivity contribution >= 4 is 39.7 Å². The van der Waals surface area contributed by atoms with Crippen LogP contribution in [0.1, 0.15) is 75.8 Å². The van der Waals surface area contributed by atoms with Crippen molar-refractivity contribution in [1.29, 1.82) is 0 Å². The topological polar surface area (TPSA) is 70.7 Å². The highest BCUT2D eigenvalue weighted by Crippen LogP contribution is 2.43. The number of fused-ring (bicyclic) bond motifs is 2. The Balaban J connectivity index is 1.52. The van der Waals surface area contributed by atoms with Gasteiger partial charge in [-0.1, -0.05) is 6.92 Å². The largest absolute Gasteiger partial charge is 0.456 e. The van der Waals surface area contributed by atoms with Crippen LogP contribution in [0, 0.1) is 0 Å². The molecule has 0 saturated carbocycles. The van der Waals surface area contributed by atoms with E-state index in [1.807, 2.05) is 6.92 Å². The molecule has 6 nitrogen and oxygen atoms in total. The molecule has 35 heavy (non-hydrogen) atoms. The SMILES string of the molecule is CCN1CCc2c(sc(C(F)(F)F)c2CNC(=O)Nc2sc3c(c2C(=O)OC(C)(C)C)CCC3)C1. The number of esters is 1. The third-order valence-electron chi connectivity index (χ3n) is 6.13. The summed E-state index contributed by atoms with van der Waals surface area (Å²) < 4.78 is 46.9. The second-order valence-electron chi connectivity index (χ2n) is 9.80. The summed E-state index contributed by atoms with van der Waals surface area (Å²) in [7, 11) is 0. The second-order valence-corrected chi connectivity index (χ2v) is 12.0. The first kappa shape index (κ1) is 26.0. The Hall–Kier alpha value is -2.11. The van der Waals surface area contributed by atoms with Gasteiger partial charge in [0, 0.05) is 29.4 Å². The van der Waals surface area contributed by atoms with Crippen molar-refractivity contribution in [3.05, 3.63) is 36.9 Å². The van der Waals surface area contributed by atoms with E-state index in [0.29, 0.717) is 40.5 Å². The van der Waals surface area contributed by atoms with E-state index in [4.69, 9.17) is 4.74 Å². The van der Waals surface area contributed by atoms with Crippen LogP contribution in [0.5, 0.6) is 0 Å². The van der Waals surface area contributed by atoms with Crippen molar-refractivity contribution in [2.24, 2.45) is 0 Å². The molecule has 2 N–H and O–H groups in total. The molecule has 1 aliphatic carbocycles. The van der Waals surface area contributed by atoms with Crippen LogP contribution in [0.15, 0.2) is 0 Å². The monoisotopic (exact) mass is 529 g/mol. The molecular weight excluding hydrogens is 499 g/mol. The Bertz CT molecular complexity index is 1130. The second kappa shape index (κ2) is 9.74. The molecule has 2 aliphatic rings. The van der Waals surface area contributed by atoms with Gasteiger partial charge in [-0.15, -0.1) is 22.7 Å². The number of amides is 2. The number of rotatable bonds is 5. The lowest BCUT2D eigenvalue weighted by Gasteiger charge is -2.25. The molecule has 192 valence electrons. The number of ether oxygens (including phenoxy) is 1. The van der Waals surface area contributed by atoms with E-state index in [-0.39, 0.29) is 12.1 Å². The lowest BCUT2D eigenvalue weighted by Crippen LogP contribution is -2.32. The zero-order valence-electron chi connectivity index (χ0n) is 20.3. The Morgan fingerprint density at radius 3 is 2.46 bits per heavy atom. The van der Waals surface area contributed by atoms with Crippen LogP contribution in [0.4, 0.5) is 23.0 Å². The molecule has 4 rings (SSSR count). The van der Waals surface area contributed by atoms with E-state index >= 15 is 0 Å². The Morgan fingerprint density at radius 2 is 1.80 bits per heavy atom. The quantitative estimate of drug-likeness (QED) is 0.468. The van der Waals surface area contributed by atoms with Gasteiger partial charge in [0.1, 0.15) is 15.5 Å². The minimum atomic E-state index is -4.48. The van der Waals surface area contributed by atoms with Crippen LogP contribution < -0.4 is 10.6 Å². The van der Waals surface area contributed by atoms with Crippen molar-refractivity contribution < 1.29 is 27.5 Å². The third-order valence-corrected chi connectivity index (χ3v) is 8.64. The highest BCUT2D eigenvalue weighted by molar-refractivity contribution is 7.17. The number of urea groups is 1. The molecule has 3 heterocycles. The number of aryl methyl sites for hydroxylation is 1. The number of hydrogen-bond acceptors (Lipinski definition) is 6. The normalized spacial score (nSPS) is 16.1. The first-order valence-corrected chi connectivity index (χ1v) is 13.4. The van der Waals surface area contributed by atoms with Gasteiger partial charge in [0.2, 0.25) is 0 Å². The van der Waals surface area contributed by atoms with Gasteiger partial charge in [0.25, 0.3) is 0 Å². The summed E-state index contributed by atoms with van der Waals surface area (Å²) in [5, 5.41) is 5.68. The van der Waals surface area contributed by atoms with Crippen LogP contribution >= 0.6 is 22.7 Å². The molecule has 0 spiro atoms. The van der Waals surface area contributed by atoms with Gasteiger partial charge in [-0.25, -0.2) is 9.59 Å². The number of nitrogens with zero attached hydrogens (tertiary/aromatic N) is 1. The minimum absolute atomic E-state index is 0.143. The lowest BCUT2D eigenvalue weighted by atomic mass is 10.0. The van der Waals surface area contributed by atoms with Crippen molar-refractivity contribution in [3.8, 4) is 0 Å². The minimum Gasteiger partial charge on any atom is -0.456 e. The zero-order valence-corrected chi connectivity index (χ0v) is 21.9. The summed E-state index contributed by atoms with van der Waals surface area (Å²) in [5.74, 6) is -0.501. The number of thiophene rings is 2. The first-order valence-electron chi connectivity index (χ1n) is 11.7. The molecule has 2 amide bonds. The maximum Gasteiger partial charge on any atom is 0.425 e. The summed E-state index contributed by atoms with van der Waals surface area (Å²) in [6.45, 7) is 9.04. The number of likely N-dealkylation sites (N-methyl/N-ethyl adjacent to an activating group) is 1. The van der Waals surface area contributed by atoms with Crippen LogP contribution in [0.25, 0.3) is 0 Å². The predicted octanol–water partition coefficient (Wildman–Crippen LogP) is 5.97. The highest BCUT2D eigenvalue weighted by atomic mass is 32.1. The lowest BCUT2D eigenvalue weighted by molar-refractivity contribution is -0.135. The number of hydrogen-bond donors (Lipinski definition) is 2. The summed E-state index contributed by atoms with van der Waals surface area (Å²) >= 11 is 2.10.